The molecule has 0 aliphatic heterocycles. The van der Waals surface area contributed by atoms with Crippen molar-refractivity contribution in [2.45, 2.75) is 52.6 Å². The number of hydrogen-bond donors (Lipinski definition) is 1. The Kier molecular flexibility index (Phi) is 8.24. The van der Waals surface area contributed by atoms with Crippen molar-refractivity contribution in [2.24, 2.45) is 11.7 Å². The molecule has 1 atom stereocenters. The first kappa shape index (κ1) is 17.9. The third-order valence-corrected chi connectivity index (χ3v) is 3.67. The van der Waals surface area contributed by atoms with Crippen LogP contribution in [-0.4, -0.2) is 29.8 Å². The molecule has 118 valence electrons. The normalized spacial score (nSPS) is 12.9. The van der Waals surface area contributed by atoms with Crippen LogP contribution >= 0.6 is 0 Å². The van der Waals surface area contributed by atoms with Crippen LogP contribution in [-0.2, 0) is 11.3 Å². The molecular weight excluding hydrogens is 260 g/mol. The van der Waals surface area contributed by atoms with Gasteiger partial charge in [0.15, 0.2) is 0 Å². The maximum atomic E-state index is 12.1. The lowest BCUT2D eigenvalue weighted by Gasteiger charge is -2.31. The molecule has 1 aromatic carbocycles. The molecule has 0 aliphatic carbocycles. The van der Waals surface area contributed by atoms with E-state index in [1.54, 1.807) is 6.92 Å². The number of carbonyl (C=O) groups is 1. The minimum absolute atomic E-state index is 0.0131. The summed E-state index contributed by atoms with van der Waals surface area (Å²) in [6, 6.07) is 10.4. The fraction of sp³-hybridized carbons (Fsp3) is 0.611. The predicted molar refractivity (Wildman–Crippen MR) is 89.1 cm³/mol. The lowest BCUT2D eigenvalue weighted by atomic mass is 10.0. The fourth-order valence-electron chi connectivity index (χ4n) is 2.71. The van der Waals surface area contributed by atoms with Gasteiger partial charge in [0.05, 0.1) is 6.04 Å². The number of carbonyl (C=O) groups excluding carboxylic acids is 1. The van der Waals surface area contributed by atoms with Crippen molar-refractivity contribution in [3.8, 4) is 0 Å². The molecule has 0 saturated heterocycles. The first-order valence-electron chi connectivity index (χ1n) is 8.03. The van der Waals surface area contributed by atoms with Crippen molar-refractivity contribution in [3.05, 3.63) is 35.9 Å². The molecular formula is C18H30N2O. The summed E-state index contributed by atoms with van der Waals surface area (Å²) >= 11 is 0. The Balaban J connectivity index is 2.78. The molecule has 0 bridgehead atoms. The van der Waals surface area contributed by atoms with Crippen molar-refractivity contribution >= 4 is 5.78 Å². The lowest BCUT2D eigenvalue weighted by molar-refractivity contribution is -0.122. The van der Waals surface area contributed by atoms with Gasteiger partial charge in [-0.1, -0.05) is 50.6 Å². The van der Waals surface area contributed by atoms with Crippen LogP contribution in [0.15, 0.2) is 30.3 Å². The third kappa shape index (κ3) is 6.87. The minimum atomic E-state index is 0.0131. The minimum Gasteiger partial charge on any atom is -0.330 e. The standard InChI is InChI=1S/C18H30N2O/c1-15(2)13-20(14-17-9-5-4-6-10-17)18(16(3)21)11-7-8-12-19/h4-6,9-10,15,18H,7-8,11-14,19H2,1-3H3/t18-/m0/s1. The highest BCUT2D eigenvalue weighted by Gasteiger charge is 2.23. The number of ketones is 1. The molecule has 0 radical (unpaired) electrons. The SMILES string of the molecule is CC(=O)[C@H](CCCCN)N(Cc1ccccc1)CC(C)C. The molecule has 3 heteroatoms. The van der Waals surface area contributed by atoms with Crippen molar-refractivity contribution < 1.29 is 4.79 Å². The first-order valence-corrected chi connectivity index (χ1v) is 8.03. The van der Waals surface area contributed by atoms with Crippen LogP contribution in [0, 0.1) is 5.92 Å². The van der Waals surface area contributed by atoms with Crippen molar-refractivity contribution in [1.29, 1.82) is 0 Å². The average molecular weight is 290 g/mol. The number of benzene rings is 1. The molecule has 21 heavy (non-hydrogen) atoms. The van der Waals surface area contributed by atoms with Crippen LogP contribution in [0.4, 0.5) is 0 Å². The van der Waals surface area contributed by atoms with E-state index in [1.165, 1.54) is 5.56 Å². The van der Waals surface area contributed by atoms with Gasteiger partial charge in [-0.2, -0.15) is 0 Å². The zero-order chi connectivity index (χ0) is 15.7. The van der Waals surface area contributed by atoms with Gasteiger partial charge in [0.25, 0.3) is 0 Å². The Bertz CT molecular complexity index is 403. The van der Waals surface area contributed by atoms with E-state index < -0.39 is 0 Å². The maximum Gasteiger partial charge on any atom is 0.146 e. The first-order chi connectivity index (χ1) is 10.0. The van der Waals surface area contributed by atoms with E-state index in [9.17, 15) is 4.79 Å². The molecule has 0 amide bonds. The molecule has 0 spiro atoms. The molecule has 1 rings (SSSR count). The van der Waals surface area contributed by atoms with Crippen LogP contribution in [0.2, 0.25) is 0 Å². The second kappa shape index (κ2) is 9.69. The molecule has 2 N–H and O–H groups in total. The van der Waals surface area contributed by atoms with Crippen molar-refractivity contribution in [2.75, 3.05) is 13.1 Å². The molecule has 0 fully saturated rings. The van der Waals surface area contributed by atoms with Crippen LogP contribution in [0.3, 0.4) is 0 Å². The number of Topliss-reactive ketones (excluding diaryl/α,β-unsaturated/α-hetero) is 1. The van der Waals surface area contributed by atoms with Crippen LogP contribution in [0.1, 0.15) is 45.6 Å². The van der Waals surface area contributed by atoms with Gasteiger partial charge in [-0.05, 0) is 37.8 Å². The topological polar surface area (TPSA) is 46.3 Å². The van der Waals surface area contributed by atoms with E-state index in [4.69, 9.17) is 5.73 Å². The molecule has 0 heterocycles. The highest BCUT2D eigenvalue weighted by atomic mass is 16.1. The summed E-state index contributed by atoms with van der Waals surface area (Å²) in [4.78, 5) is 14.4. The van der Waals surface area contributed by atoms with Gasteiger partial charge in [0.2, 0.25) is 0 Å². The van der Waals surface area contributed by atoms with Gasteiger partial charge in [-0.25, -0.2) is 0 Å². The molecule has 0 aliphatic rings. The van der Waals surface area contributed by atoms with Gasteiger partial charge in [-0.3, -0.25) is 9.69 Å². The van der Waals surface area contributed by atoms with Gasteiger partial charge >= 0.3 is 0 Å². The zero-order valence-electron chi connectivity index (χ0n) is 13.7. The molecule has 1 aromatic rings. The van der Waals surface area contributed by atoms with Gasteiger partial charge in [0, 0.05) is 13.1 Å². The van der Waals surface area contributed by atoms with E-state index >= 15 is 0 Å². The van der Waals surface area contributed by atoms with Gasteiger partial charge in [-0.15, -0.1) is 0 Å². The summed E-state index contributed by atoms with van der Waals surface area (Å²) in [5.41, 5.74) is 6.84. The summed E-state index contributed by atoms with van der Waals surface area (Å²) in [6.07, 6.45) is 2.92. The van der Waals surface area contributed by atoms with Crippen LogP contribution in [0.25, 0.3) is 0 Å². The second-order valence-electron chi connectivity index (χ2n) is 6.22. The van der Waals surface area contributed by atoms with E-state index in [0.717, 1.165) is 32.4 Å². The zero-order valence-corrected chi connectivity index (χ0v) is 13.7. The second-order valence-corrected chi connectivity index (χ2v) is 6.22. The van der Waals surface area contributed by atoms with Gasteiger partial charge in [0.1, 0.15) is 5.78 Å². The lowest BCUT2D eigenvalue weighted by Crippen LogP contribution is -2.41. The molecule has 0 unspecified atom stereocenters. The summed E-state index contributed by atoms with van der Waals surface area (Å²) in [7, 11) is 0. The van der Waals surface area contributed by atoms with Gasteiger partial charge < -0.3 is 5.73 Å². The monoisotopic (exact) mass is 290 g/mol. The Labute approximate surface area is 129 Å². The highest BCUT2D eigenvalue weighted by molar-refractivity contribution is 5.81. The largest absolute Gasteiger partial charge is 0.330 e. The summed E-state index contributed by atoms with van der Waals surface area (Å²) < 4.78 is 0. The van der Waals surface area contributed by atoms with Crippen LogP contribution < -0.4 is 5.73 Å². The summed E-state index contributed by atoms with van der Waals surface area (Å²) in [5, 5.41) is 0. The smallest absolute Gasteiger partial charge is 0.146 e. The Hall–Kier alpha value is -1.19. The quantitative estimate of drug-likeness (QED) is 0.673. The average Bonchev–Trinajstić information content (AvgIpc) is 2.43. The molecule has 3 nitrogen and oxygen atoms in total. The van der Waals surface area contributed by atoms with E-state index in [1.807, 2.05) is 6.07 Å². The Morgan fingerprint density at radius 3 is 2.38 bits per heavy atom. The fourth-order valence-corrected chi connectivity index (χ4v) is 2.71. The van der Waals surface area contributed by atoms with E-state index in [-0.39, 0.29) is 11.8 Å². The maximum absolute atomic E-state index is 12.1. The molecule has 0 saturated carbocycles. The number of unbranched alkanes of at least 4 members (excludes halogenated alkanes) is 1. The van der Waals surface area contributed by atoms with Crippen molar-refractivity contribution in [1.82, 2.24) is 4.90 Å². The van der Waals surface area contributed by atoms with E-state index in [0.29, 0.717) is 12.5 Å². The summed E-state index contributed by atoms with van der Waals surface area (Å²) in [5.74, 6) is 0.814. The number of nitrogens with two attached hydrogens (primary N) is 1. The number of rotatable bonds is 10. The highest BCUT2D eigenvalue weighted by Crippen LogP contribution is 2.16. The van der Waals surface area contributed by atoms with E-state index in [2.05, 4.69) is 43.0 Å². The Morgan fingerprint density at radius 1 is 1.19 bits per heavy atom. The number of nitrogens with zero attached hydrogens (tertiary/aromatic N) is 1. The predicted octanol–water partition coefficient (Wildman–Crippen LogP) is 3.23. The Morgan fingerprint density at radius 2 is 1.86 bits per heavy atom. The number of hydrogen-bond acceptors (Lipinski definition) is 3. The van der Waals surface area contributed by atoms with Crippen LogP contribution in [0.5, 0.6) is 0 Å². The van der Waals surface area contributed by atoms with Crippen molar-refractivity contribution in [3.63, 3.8) is 0 Å². The third-order valence-electron chi connectivity index (χ3n) is 3.67. The molecule has 0 aromatic heterocycles. The summed E-state index contributed by atoms with van der Waals surface area (Å²) in [6.45, 7) is 8.61.